The zero-order valence-corrected chi connectivity index (χ0v) is 16.3. The van der Waals surface area contributed by atoms with Crippen LogP contribution < -0.4 is 4.74 Å². The fourth-order valence-corrected chi connectivity index (χ4v) is 3.36. The molecule has 0 radical (unpaired) electrons. The van der Waals surface area contributed by atoms with Crippen LogP contribution in [0.1, 0.15) is 59.2 Å². The Kier molecular flexibility index (Phi) is 7.49. The molecule has 1 aromatic heterocycles. The second kappa shape index (κ2) is 8.90. The van der Waals surface area contributed by atoms with Gasteiger partial charge in [0.2, 0.25) is 0 Å². The molecule has 138 valence electrons. The maximum absolute atomic E-state index is 11.0. The van der Waals surface area contributed by atoms with Crippen LogP contribution >= 0.6 is 12.4 Å². The topological polar surface area (TPSA) is 64.3 Å². The molecule has 2 heterocycles. The number of carboxylic acids is 1. The molecule has 0 saturated heterocycles. The van der Waals surface area contributed by atoms with Crippen molar-refractivity contribution in [3.8, 4) is 5.75 Å². The molecule has 0 aliphatic carbocycles. The van der Waals surface area contributed by atoms with Crippen molar-refractivity contribution in [1.29, 1.82) is 0 Å². The molecule has 2 aromatic rings. The van der Waals surface area contributed by atoms with Gasteiger partial charge >= 0.3 is 5.97 Å². The Bertz CT molecular complexity index is 717. The number of imidazole rings is 1. The van der Waals surface area contributed by atoms with Crippen LogP contribution in [0.5, 0.6) is 5.75 Å². The monoisotopic (exact) mass is 366 g/mol. The average molecular weight is 367 g/mol. The Morgan fingerprint density at radius 1 is 1.28 bits per heavy atom. The summed E-state index contributed by atoms with van der Waals surface area (Å²) in [6, 6.07) is 4.35. The van der Waals surface area contributed by atoms with Gasteiger partial charge in [-0.1, -0.05) is 26.0 Å². The Balaban J connectivity index is 0.00000101. The number of benzene rings is 1. The molecule has 1 unspecified atom stereocenters. The zero-order valence-electron chi connectivity index (χ0n) is 15.5. The van der Waals surface area contributed by atoms with Crippen molar-refractivity contribution < 1.29 is 14.6 Å². The molecule has 0 spiro atoms. The third-order valence-electron chi connectivity index (χ3n) is 4.37. The van der Waals surface area contributed by atoms with Crippen LogP contribution in [0.4, 0.5) is 0 Å². The molecule has 1 N–H and O–H groups in total. The highest BCUT2D eigenvalue weighted by Gasteiger charge is 2.24. The van der Waals surface area contributed by atoms with Crippen molar-refractivity contribution in [2.24, 2.45) is 0 Å². The number of hydrogen-bond acceptors (Lipinski definition) is 3. The second-order valence-electron chi connectivity index (χ2n) is 5.92. The molecular weight excluding hydrogens is 340 g/mol. The molecule has 0 fully saturated rings. The van der Waals surface area contributed by atoms with Crippen LogP contribution in [0.25, 0.3) is 0 Å². The molecule has 0 bridgehead atoms. The molecule has 1 aromatic carbocycles. The van der Waals surface area contributed by atoms with Crippen LogP contribution in [0, 0.1) is 13.8 Å². The third-order valence-corrected chi connectivity index (χ3v) is 4.37. The number of nitrogens with zero attached hydrogens (tertiary/aromatic N) is 2. The first kappa shape index (κ1) is 21.0. The molecule has 1 aliphatic heterocycles. The van der Waals surface area contributed by atoms with Crippen molar-refractivity contribution in [2.75, 3.05) is 7.11 Å². The number of methoxy groups -OCH3 is 1. The summed E-state index contributed by atoms with van der Waals surface area (Å²) in [4.78, 5) is 15.2. The van der Waals surface area contributed by atoms with E-state index in [1.807, 2.05) is 18.4 Å². The first-order chi connectivity index (χ1) is 11.5. The number of carboxylic acid groups (broad SMARTS) is 1. The average Bonchev–Trinajstić information content (AvgIpc) is 3.00. The Labute approximate surface area is 155 Å². The fourth-order valence-electron chi connectivity index (χ4n) is 3.36. The van der Waals surface area contributed by atoms with Crippen LogP contribution in [0.15, 0.2) is 18.3 Å². The van der Waals surface area contributed by atoms with Gasteiger partial charge in [0, 0.05) is 25.1 Å². The lowest BCUT2D eigenvalue weighted by atomic mass is 9.89. The molecule has 0 amide bonds. The summed E-state index contributed by atoms with van der Waals surface area (Å²) in [7, 11) is 1.70. The molecule has 6 heteroatoms. The van der Waals surface area contributed by atoms with Crippen molar-refractivity contribution >= 4 is 18.4 Å². The Morgan fingerprint density at radius 3 is 2.40 bits per heavy atom. The molecule has 1 aliphatic rings. The van der Waals surface area contributed by atoms with E-state index in [0.29, 0.717) is 5.92 Å². The number of fused-ring (bicyclic) bond motifs is 1. The molecule has 5 nitrogen and oxygen atoms in total. The van der Waals surface area contributed by atoms with Gasteiger partial charge in [-0.2, -0.15) is 0 Å². The predicted octanol–water partition coefficient (Wildman–Crippen LogP) is 4.38. The molecule has 0 saturated carbocycles. The first-order valence-electron chi connectivity index (χ1n) is 8.44. The SMILES string of the molecule is CC.COc1c(C)cc(C2CCc3nc(C(=O)O)cn3C2)cc1C.Cl. The first-order valence-corrected chi connectivity index (χ1v) is 8.44. The van der Waals surface area contributed by atoms with Gasteiger partial charge in [-0.25, -0.2) is 9.78 Å². The highest BCUT2D eigenvalue weighted by atomic mass is 35.5. The van der Waals surface area contributed by atoms with Crippen molar-refractivity contribution in [3.05, 3.63) is 46.5 Å². The van der Waals surface area contributed by atoms with Gasteiger partial charge in [-0.3, -0.25) is 0 Å². The summed E-state index contributed by atoms with van der Waals surface area (Å²) in [5.74, 6) is 1.23. The van der Waals surface area contributed by atoms with Gasteiger partial charge in [0.05, 0.1) is 7.11 Å². The smallest absolute Gasteiger partial charge is 0.356 e. The standard InChI is InChI=1S/C17H20N2O3.C2H6.ClH/c1-10-6-13(7-11(2)16(10)22-3)12-4-5-15-18-14(17(20)21)9-19(15)8-12;1-2;/h6-7,9,12H,4-5,8H2,1-3H3,(H,20,21);1-2H3;1H. The minimum atomic E-state index is -0.963. The number of hydrogen-bond donors (Lipinski definition) is 1. The Hall–Kier alpha value is -2.01. The number of rotatable bonds is 3. The van der Waals surface area contributed by atoms with Gasteiger partial charge in [0.15, 0.2) is 5.69 Å². The lowest BCUT2D eigenvalue weighted by Crippen LogP contribution is -2.18. The number of aromatic carboxylic acids is 1. The van der Waals surface area contributed by atoms with E-state index in [0.717, 1.165) is 42.1 Å². The summed E-state index contributed by atoms with van der Waals surface area (Å²) in [5, 5.41) is 9.06. The van der Waals surface area contributed by atoms with Gasteiger partial charge < -0.3 is 14.4 Å². The highest BCUT2D eigenvalue weighted by Crippen LogP contribution is 2.33. The van der Waals surface area contributed by atoms with Crippen LogP contribution in [0.2, 0.25) is 0 Å². The summed E-state index contributed by atoms with van der Waals surface area (Å²) < 4.78 is 7.40. The van der Waals surface area contributed by atoms with Crippen molar-refractivity contribution in [3.63, 3.8) is 0 Å². The van der Waals surface area contributed by atoms with Crippen molar-refractivity contribution in [2.45, 2.75) is 53.0 Å². The maximum Gasteiger partial charge on any atom is 0.356 e. The minimum Gasteiger partial charge on any atom is -0.496 e. The van der Waals surface area contributed by atoms with Gasteiger partial charge in [0.25, 0.3) is 0 Å². The summed E-state index contributed by atoms with van der Waals surface area (Å²) in [6.07, 6.45) is 3.44. The summed E-state index contributed by atoms with van der Waals surface area (Å²) in [6.45, 7) is 8.90. The van der Waals surface area contributed by atoms with Gasteiger partial charge in [0.1, 0.15) is 11.6 Å². The van der Waals surface area contributed by atoms with E-state index in [2.05, 4.69) is 31.0 Å². The number of halogens is 1. The number of aromatic nitrogens is 2. The quantitative estimate of drug-likeness (QED) is 0.875. The largest absolute Gasteiger partial charge is 0.496 e. The van der Waals surface area contributed by atoms with E-state index in [1.54, 1.807) is 13.3 Å². The van der Waals surface area contributed by atoms with Gasteiger partial charge in [-0.05, 0) is 37.0 Å². The van der Waals surface area contributed by atoms with Crippen molar-refractivity contribution in [1.82, 2.24) is 9.55 Å². The van der Waals surface area contributed by atoms with Gasteiger partial charge in [-0.15, -0.1) is 12.4 Å². The van der Waals surface area contributed by atoms with Crippen LogP contribution in [-0.4, -0.2) is 27.7 Å². The molecule has 1 atom stereocenters. The number of carbonyl (C=O) groups is 1. The second-order valence-corrected chi connectivity index (χ2v) is 5.92. The number of aryl methyl sites for hydroxylation is 3. The highest BCUT2D eigenvalue weighted by molar-refractivity contribution is 5.85. The zero-order chi connectivity index (χ0) is 17.9. The van der Waals surface area contributed by atoms with E-state index in [-0.39, 0.29) is 18.1 Å². The minimum absolute atomic E-state index is 0. The van der Waals surface area contributed by atoms with E-state index < -0.39 is 5.97 Å². The normalized spacial score (nSPS) is 15.3. The Morgan fingerprint density at radius 2 is 1.88 bits per heavy atom. The molecule has 25 heavy (non-hydrogen) atoms. The van der Waals surface area contributed by atoms with E-state index in [4.69, 9.17) is 9.84 Å². The van der Waals surface area contributed by atoms with Crippen LogP contribution in [-0.2, 0) is 13.0 Å². The van der Waals surface area contributed by atoms with Crippen LogP contribution in [0.3, 0.4) is 0 Å². The molecular formula is C19H27ClN2O3. The lowest BCUT2D eigenvalue weighted by molar-refractivity contribution is 0.0691. The maximum atomic E-state index is 11.0. The predicted molar refractivity (Wildman–Crippen MR) is 101 cm³/mol. The molecule has 3 rings (SSSR count). The number of ether oxygens (including phenoxy) is 1. The summed E-state index contributed by atoms with van der Waals surface area (Å²) >= 11 is 0. The summed E-state index contributed by atoms with van der Waals surface area (Å²) in [5.41, 5.74) is 3.70. The lowest BCUT2D eigenvalue weighted by Gasteiger charge is -2.25. The van der Waals surface area contributed by atoms with E-state index in [9.17, 15) is 4.79 Å². The third kappa shape index (κ3) is 4.34. The van der Waals surface area contributed by atoms with E-state index >= 15 is 0 Å². The van der Waals surface area contributed by atoms with E-state index in [1.165, 1.54) is 5.56 Å². The fraction of sp³-hybridized carbons (Fsp3) is 0.474.